The Morgan fingerprint density at radius 2 is 1.88 bits per heavy atom. The maximum Gasteiger partial charge on any atom is 0.226 e. The molecule has 0 N–H and O–H groups in total. The van der Waals surface area contributed by atoms with Gasteiger partial charge in [-0.25, -0.2) is 0 Å². The van der Waals surface area contributed by atoms with E-state index in [0.717, 1.165) is 32.6 Å². The summed E-state index contributed by atoms with van der Waals surface area (Å²) in [5, 5.41) is 13.8. The first-order valence-corrected chi connectivity index (χ1v) is 9.24. The minimum atomic E-state index is -0.633. The van der Waals surface area contributed by atoms with Crippen LogP contribution in [0.3, 0.4) is 0 Å². The highest BCUT2D eigenvalue weighted by Crippen LogP contribution is 2.46. The van der Waals surface area contributed by atoms with Crippen LogP contribution in [0.25, 0.3) is 10.9 Å². The summed E-state index contributed by atoms with van der Waals surface area (Å²) >= 11 is 6.36. The minimum Gasteiger partial charge on any atom is -0.347 e. The van der Waals surface area contributed by atoms with E-state index in [0.29, 0.717) is 6.42 Å². The van der Waals surface area contributed by atoms with Crippen molar-refractivity contribution in [1.82, 2.24) is 4.57 Å². The van der Waals surface area contributed by atoms with Gasteiger partial charge in [0.1, 0.15) is 0 Å². The fourth-order valence-electron chi connectivity index (χ4n) is 4.67. The highest BCUT2D eigenvalue weighted by atomic mass is 35.5. The molecule has 0 spiro atoms. The molecule has 0 saturated carbocycles. The van der Waals surface area contributed by atoms with E-state index in [-0.39, 0.29) is 16.8 Å². The van der Waals surface area contributed by atoms with Crippen LogP contribution in [0.2, 0.25) is 5.02 Å². The topological polar surface area (TPSA) is 48.1 Å². The first-order valence-electron chi connectivity index (χ1n) is 8.86. The van der Waals surface area contributed by atoms with Crippen LogP contribution >= 0.6 is 11.6 Å². The fourth-order valence-corrected chi connectivity index (χ4v) is 4.82. The van der Waals surface area contributed by atoms with Gasteiger partial charge in [-0.05, 0) is 36.1 Å². The third-order valence-electron chi connectivity index (χ3n) is 5.86. The predicted octanol–water partition coefficient (Wildman–Crippen LogP) is 5.11. The van der Waals surface area contributed by atoms with Gasteiger partial charge < -0.3 is 4.57 Å². The van der Waals surface area contributed by atoms with E-state index in [2.05, 4.69) is 4.57 Å². The Balaban J connectivity index is 2.09. The number of aromatic nitrogens is 1. The number of hydrogen-bond acceptors (Lipinski definition) is 2. The van der Waals surface area contributed by atoms with Gasteiger partial charge in [0.25, 0.3) is 0 Å². The lowest BCUT2D eigenvalue weighted by Gasteiger charge is -2.32. The molecule has 2 aromatic carbocycles. The number of halogens is 1. The predicted molar refractivity (Wildman–Crippen MR) is 105 cm³/mol. The Hall–Kier alpha value is -2.33. The van der Waals surface area contributed by atoms with Gasteiger partial charge in [0.05, 0.1) is 11.4 Å². The second-order valence-electron chi connectivity index (χ2n) is 7.33. The summed E-state index contributed by atoms with van der Waals surface area (Å²) < 4.78 is 2.19. The van der Waals surface area contributed by atoms with E-state index in [1.165, 1.54) is 5.69 Å². The van der Waals surface area contributed by atoms with Crippen molar-refractivity contribution in [3.05, 3.63) is 80.0 Å². The lowest BCUT2D eigenvalue weighted by Crippen LogP contribution is -2.39. The quantitative estimate of drug-likeness (QED) is 0.466. The van der Waals surface area contributed by atoms with Crippen molar-refractivity contribution in [2.45, 2.75) is 32.2 Å². The number of hydrogen-bond donors (Lipinski definition) is 0. The summed E-state index contributed by atoms with van der Waals surface area (Å²) in [4.78, 5) is 11.9. The zero-order chi connectivity index (χ0) is 18.6. The van der Waals surface area contributed by atoms with Crippen LogP contribution in [0.1, 0.15) is 35.2 Å². The van der Waals surface area contributed by atoms with E-state index in [1.807, 2.05) is 63.4 Å². The second-order valence-corrected chi connectivity index (χ2v) is 7.74. The van der Waals surface area contributed by atoms with Gasteiger partial charge in [-0.2, -0.15) is 0 Å². The molecule has 0 radical (unpaired) electrons. The average molecular weight is 369 g/mol. The number of nitro groups is 1. The molecule has 0 saturated heterocycles. The zero-order valence-corrected chi connectivity index (χ0v) is 15.8. The van der Waals surface area contributed by atoms with E-state index in [4.69, 9.17) is 11.6 Å². The summed E-state index contributed by atoms with van der Waals surface area (Å²) in [6, 6.07) is 13.2. The van der Waals surface area contributed by atoms with E-state index in [1.54, 1.807) is 0 Å². The van der Waals surface area contributed by atoms with Crippen LogP contribution in [0.4, 0.5) is 0 Å². The summed E-state index contributed by atoms with van der Waals surface area (Å²) in [6.07, 6.45) is 0.701. The molecule has 4 nitrogen and oxygen atoms in total. The monoisotopic (exact) mass is 368 g/mol. The van der Waals surface area contributed by atoms with Gasteiger partial charge in [0.15, 0.2) is 0 Å². The van der Waals surface area contributed by atoms with Gasteiger partial charge in [0, 0.05) is 34.0 Å². The summed E-state index contributed by atoms with van der Waals surface area (Å²) in [7, 11) is 2.05. The smallest absolute Gasteiger partial charge is 0.226 e. The summed E-state index contributed by atoms with van der Waals surface area (Å²) in [6.45, 7) is 4.01. The molecule has 0 aliphatic heterocycles. The largest absolute Gasteiger partial charge is 0.347 e. The number of aryl methyl sites for hydroxylation is 2. The third-order valence-corrected chi connectivity index (χ3v) is 6.27. The van der Waals surface area contributed by atoms with Crippen molar-refractivity contribution < 1.29 is 4.92 Å². The number of nitrogens with zero attached hydrogens (tertiary/aromatic N) is 2. The standard InChI is InChI=1S/C21H21ClN2O2/c1-12-11-17-19(15-9-10-16(22)13(2)21(15)23(17)3)18(20(12)24(25)26)14-7-5-4-6-8-14/h4-10,12,18,20H,11H2,1-3H3/t12-,18+,20+/m0/s1. The second kappa shape index (κ2) is 6.13. The Morgan fingerprint density at radius 1 is 1.19 bits per heavy atom. The Morgan fingerprint density at radius 3 is 2.54 bits per heavy atom. The molecule has 0 unspecified atom stereocenters. The van der Waals surface area contributed by atoms with Crippen molar-refractivity contribution in [3.63, 3.8) is 0 Å². The first-order chi connectivity index (χ1) is 12.4. The summed E-state index contributed by atoms with van der Waals surface area (Å²) in [5.74, 6) is -0.296. The van der Waals surface area contributed by atoms with E-state index < -0.39 is 6.04 Å². The molecule has 1 heterocycles. The molecule has 134 valence electrons. The Labute approximate surface area is 157 Å². The van der Waals surface area contributed by atoms with Crippen LogP contribution in [-0.2, 0) is 13.5 Å². The molecule has 3 atom stereocenters. The van der Waals surface area contributed by atoms with Crippen molar-refractivity contribution in [2.24, 2.45) is 13.0 Å². The molecule has 0 fully saturated rings. The Bertz CT molecular complexity index is 1010. The van der Waals surface area contributed by atoms with Gasteiger partial charge in [-0.15, -0.1) is 0 Å². The minimum absolute atomic E-state index is 0.0403. The maximum atomic E-state index is 12.0. The molecular weight excluding hydrogens is 348 g/mol. The molecule has 1 aliphatic carbocycles. The van der Waals surface area contributed by atoms with Gasteiger partial charge in [-0.3, -0.25) is 10.1 Å². The molecule has 0 amide bonds. The molecule has 26 heavy (non-hydrogen) atoms. The van der Waals surface area contributed by atoms with Gasteiger partial charge in [0.2, 0.25) is 6.04 Å². The average Bonchev–Trinajstić information content (AvgIpc) is 2.90. The number of benzene rings is 2. The molecule has 0 bridgehead atoms. The van der Waals surface area contributed by atoms with Crippen LogP contribution in [0.5, 0.6) is 0 Å². The SMILES string of the molecule is Cc1c(Cl)ccc2c3c(n(C)c12)C[C@H](C)[C@@H]([N+](=O)[O-])[C@@H]3c1ccccc1. The van der Waals surface area contributed by atoms with Crippen LogP contribution in [-0.4, -0.2) is 15.5 Å². The molecule has 1 aromatic heterocycles. The van der Waals surface area contributed by atoms with Crippen LogP contribution < -0.4 is 0 Å². The Kier molecular flexibility index (Phi) is 4.03. The molecule has 3 aromatic rings. The lowest BCUT2D eigenvalue weighted by molar-refractivity contribution is -0.535. The van der Waals surface area contributed by atoms with Gasteiger partial charge >= 0.3 is 0 Å². The molecule has 4 rings (SSSR count). The van der Waals surface area contributed by atoms with E-state index >= 15 is 0 Å². The first kappa shape index (κ1) is 17.1. The maximum absolute atomic E-state index is 12.0. The highest BCUT2D eigenvalue weighted by Gasteiger charge is 2.45. The highest BCUT2D eigenvalue weighted by molar-refractivity contribution is 6.32. The van der Waals surface area contributed by atoms with E-state index in [9.17, 15) is 10.1 Å². The lowest BCUT2D eigenvalue weighted by atomic mass is 9.72. The number of fused-ring (bicyclic) bond motifs is 3. The molecular formula is C21H21ClN2O2. The summed E-state index contributed by atoms with van der Waals surface area (Å²) in [5.41, 5.74) is 5.39. The van der Waals surface area contributed by atoms with Gasteiger partial charge in [-0.1, -0.05) is 54.9 Å². The normalized spacial score (nSPS) is 22.4. The van der Waals surface area contributed by atoms with Crippen molar-refractivity contribution >= 4 is 22.5 Å². The van der Waals surface area contributed by atoms with Crippen molar-refractivity contribution in [2.75, 3.05) is 0 Å². The van der Waals surface area contributed by atoms with Crippen molar-refractivity contribution in [1.29, 1.82) is 0 Å². The van der Waals surface area contributed by atoms with Crippen molar-refractivity contribution in [3.8, 4) is 0 Å². The molecule has 5 heteroatoms. The fraction of sp³-hybridized carbons (Fsp3) is 0.333. The zero-order valence-electron chi connectivity index (χ0n) is 15.1. The number of rotatable bonds is 2. The van der Waals surface area contributed by atoms with Crippen LogP contribution in [0, 0.1) is 23.0 Å². The third kappa shape index (κ3) is 2.36. The van der Waals surface area contributed by atoms with Crippen LogP contribution in [0.15, 0.2) is 42.5 Å². The molecule has 1 aliphatic rings.